The fourth-order valence-corrected chi connectivity index (χ4v) is 1.90. The van der Waals surface area contributed by atoms with Gasteiger partial charge < -0.3 is 10.6 Å². The highest BCUT2D eigenvalue weighted by Gasteiger charge is 2.20. The van der Waals surface area contributed by atoms with Gasteiger partial charge in [-0.2, -0.15) is 0 Å². The van der Waals surface area contributed by atoms with Crippen LogP contribution in [0.25, 0.3) is 0 Å². The van der Waals surface area contributed by atoms with Gasteiger partial charge in [0.15, 0.2) is 0 Å². The molecule has 1 atom stereocenters. The molecule has 0 bridgehead atoms. The van der Waals surface area contributed by atoms with E-state index in [1.165, 1.54) is 6.20 Å². The van der Waals surface area contributed by atoms with Gasteiger partial charge in [-0.25, -0.2) is 4.98 Å². The largest absolute Gasteiger partial charge is 0.399 e. The van der Waals surface area contributed by atoms with Gasteiger partial charge >= 0.3 is 0 Å². The molecule has 2 aromatic rings. The summed E-state index contributed by atoms with van der Waals surface area (Å²) in [6.07, 6.45) is 3.09. The lowest BCUT2D eigenvalue weighted by Crippen LogP contribution is -2.30. The van der Waals surface area contributed by atoms with Gasteiger partial charge in [0.1, 0.15) is 5.69 Å². The maximum atomic E-state index is 12.3. The summed E-state index contributed by atoms with van der Waals surface area (Å²) < 4.78 is 0. The first-order chi connectivity index (χ1) is 9.49. The number of aromatic nitrogens is 2. The molecule has 1 amide bonds. The quantitative estimate of drug-likeness (QED) is 0.868. The zero-order valence-corrected chi connectivity index (χ0v) is 11.9. The number of rotatable bonds is 3. The first-order valence-corrected chi connectivity index (χ1v) is 6.40. The van der Waals surface area contributed by atoms with E-state index in [2.05, 4.69) is 9.97 Å². The van der Waals surface area contributed by atoms with Crippen LogP contribution in [-0.4, -0.2) is 27.8 Å². The van der Waals surface area contributed by atoms with E-state index in [-0.39, 0.29) is 11.9 Å². The van der Waals surface area contributed by atoms with Gasteiger partial charge in [-0.1, -0.05) is 12.1 Å². The van der Waals surface area contributed by atoms with E-state index in [9.17, 15) is 4.79 Å². The molecule has 1 aromatic carbocycles. The van der Waals surface area contributed by atoms with Crippen LogP contribution in [0.15, 0.2) is 36.7 Å². The predicted octanol–water partition coefficient (Wildman–Crippen LogP) is 2.20. The number of nitrogen functional groups attached to an aromatic ring is 1. The lowest BCUT2D eigenvalue weighted by atomic mass is 10.1. The summed E-state index contributed by atoms with van der Waals surface area (Å²) in [6.45, 7) is 3.79. The SMILES string of the molecule is Cc1cnc(C(=O)N(C)C(C)c2cccc(N)c2)cn1. The third-order valence-corrected chi connectivity index (χ3v) is 3.29. The zero-order valence-electron chi connectivity index (χ0n) is 11.9. The van der Waals surface area contributed by atoms with Crippen LogP contribution in [0, 0.1) is 6.92 Å². The Balaban J connectivity index is 2.20. The van der Waals surface area contributed by atoms with Crippen molar-refractivity contribution in [3.8, 4) is 0 Å². The molecule has 1 unspecified atom stereocenters. The summed E-state index contributed by atoms with van der Waals surface area (Å²) in [5, 5.41) is 0. The van der Waals surface area contributed by atoms with Crippen molar-refractivity contribution < 1.29 is 4.79 Å². The van der Waals surface area contributed by atoms with E-state index < -0.39 is 0 Å². The molecule has 20 heavy (non-hydrogen) atoms. The standard InChI is InChI=1S/C15H18N4O/c1-10-8-18-14(9-17-10)15(20)19(3)11(2)12-5-4-6-13(16)7-12/h4-9,11H,16H2,1-3H3. The molecule has 0 saturated carbocycles. The average Bonchev–Trinajstić information content (AvgIpc) is 2.46. The highest BCUT2D eigenvalue weighted by Crippen LogP contribution is 2.21. The summed E-state index contributed by atoms with van der Waals surface area (Å²) in [5.74, 6) is -0.160. The number of benzene rings is 1. The average molecular weight is 270 g/mol. The van der Waals surface area contributed by atoms with Crippen LogP contribution in [0.3, 0.4) is 0 Å². The number of aryl methyl sites for hydroxylation is 1. The minimum absolute atomic E-state index is 0.0888. The van der Waals surface area contributed by atoms with Crippen LogP contribution < -0.4 is 5.73 Å². The fraction of sp³-hybridized carbons (Fsp3) is 0.267. The number of hydrogen-bond acceptors (Lipinski definition) is 4. The molecule has 0 radical (unpaired) electrons. The van der Waals surface area contributed by atoms with Crippen molar-refractivity contribution in [2.45, 2.75) is 19.9 Å². The minimum atomic E-state index is -0.160. The number of amides is 1. The second kappa shape index (κ2) is 5.69. The van der Waals surface area contributed by atoms with Crippen molar-refractivity contribution in [1.82, 2.24) is 14.9 Å². The monoisotopic (exact) mass is 270 g/mol. The van der Waals surface area contributed by atoms with Gasteiger partial charge in [-0.3, -0.25) is 9.78 Å². The molecule has 0 spiro atoms. The van der Waals surface area contributed by atoms with Gasteiger partial charge in [0.05, 0.1) is 17.9 Å². The van der Waals surface area contributed by atoms with Crippen LogP contribution in [0.4, 0.5) is 5.69 Å². The van der Waals surface area contributed by atoms with Crippen molar-refractivity contribution >= 4 is 11.6 Å². The fourth-order valence-electron chi connectivity index (χ4n) is 1.90. The Morgan fingerprint density at radius 3 is 2.65 bits per heavy atom. The smallest absolute Gasteiger partial charge is 0.274 e. The lowest BCUT2D eigenvalue weighted by Gasteiger charge is -2.25. The van der Waals surface area contributed by atoms with Gasteiger partial charge in [-0.05, 0) is 31.5 Å². The number of hydrogen-bond donors (Lipinski definition) is 1. The Kier molecular flexibility index (Phi) is 3.98. The van der Waals surface area contributed by atoms with Gasteiger partial charge in [-0.15, -0.1) is 0 Å². The van der Waals surface area contributed by atoms with Crippen LogP contribution in [-0.2, 0) is 0 Å². The molecule has 0 saturated heterocycles. The molecule has 104 valence electrons. The van der Waals surface area contributed by atoms with Crippen molar-refractivity contribution in [3.63, 3.8) is 0 Å². The van der Waals surface area contributed by atoms with Crippen molar-refractivity contribution in [1.29, 1.82) is 0 Å². The second-order valence-corrected chi connectivity index (χ2v) is 4.81. The summed E-state index contributed by atoms with van der Waals surface area (Å²) in [7, 11) is 1.75. The van der Waals surface area contributed by atoms with E-state index in [4.69, 9.17) is 5.73 Å². The summed E-state index contributed by atoms with van der Waals surface area (Å²) in [4.78, 5) is 22.2. The van der Waals surface area contributed by atoms with Crippen LogP contribution in [0.1, 0.15) is 34.7 Å². The molecule has 0 fully saturated rings. The minimum Gasteiger partial charge on any atom is -0.399 e. The number of carbonyl (C=O) groups excluding carboxylic acids is 1. The Hall–Kier alpha value is -2.43. The molecule has 5 nitrogen and oxygen atoms in total. The molecule has 2 rings (SSSR count). The predicted molar refractivity (Wildman–Crippen MR) is 78.1 cm³/mol. The van der Waals surface area contributed by atoms with Crippen molar-refractivity contribution in [3.05, 3.63) is 53.6 Å². The topological polar surface area (TPSA) is 72.1 Å². The highest BCUT2D eigenvalue weighted by molar-refractivity contribution is 5.92. The van der Waals surface area contributed by atoms with E-state index in [0.717, 1.165) is 11.3 Å². The number of carbonyl (C=O) groups is 1. The lowest BCUT2D eigenvalue weighted by molar-refractivity contribution is 0.0736. The van der Waals surface area contributed by atoms with Crippen molar-refractivity contribution in [2.24, 2.45) is 0 Å². The second-order valence-electron chi connectivity index (χ2n) is 4.81. The number of anilines is 1. The maximum Gasteiger partial charge on any atom is 0.274 e. The third-order valence-electron chi connectivity index (χ3n) is 3.29. The molecule has 0 aliphatic carbocycles. The summed E-state index contributed by atoms with van der Waals surface area (Å²) in [6, 6.07) is 7.43. The third kappa shape index (κ3) is 2.93. The van der Waals surface area contributed by atoms with E-state index in [1.54, 1.807) is 18.1 Å². The van der Waals surface area contributed by atoms with Crippen LogP contribution in [0.5, 0.6) is 0 Å². The summed E-state index contributed by atoms with van der Waals surface area (Å²) >= 11 is 0. The maximum absolute atomic E-state index is 12.3. The number of nitrogens with two attached hydrogens (primary N) is 1. The van der Waals surface area contributed by atoms with Crippen LogP contribution >= 0.6 is 0 Å². The molecule has 1 heterocycles. The van der Waals surface area contributed by atoms with Gasteiger partial charge in [0.25, 0.3) is 5.91 Å². The number of nitrogens with zero attached hydrogens (tertiary/aromatic N) is 3. The Bertz CT molecular complexity index is 610. The molecular weight excluding hydrogens is 252 g/mol. The molecular formula is C15H18N4O. The molecule has 5 heteroatoms. The summed E-state index contributed by atoms with van der Waals surface area (Å²) in [5.41, 5.74) is 8.57. The first kappa shape index (κ1) is 14.0. The molecule has 1 aromatic heterocycles. The van der Waals surface area contributed by atoms with E-state index in [1.807, 2.05) is 38.1 Å². The zero-order chi connectivity index (χ0) is 14.7. The van der Waals surface area contributed by atoms with E-state index in [0.29, 0.717) is 11.4 Å². The first-order valence-electron chi connectivity index (χ1n) is 6.40. The van der Waals surface area contributed by atoms with Gasteiger partial charge in [0, 0.05) is 18.9 Å². The Morgan fingerprint density at radius 1 is 1.30 bits per heavy atom. The van der Waals surface area contributed by atoms with Crippen LogP contribution in [0.2, 0.25) is 0 Å². The molecule has 0 aliphatic heterocycles. The normalized spacial score (nSPS) is 11.9. The van der Waals surface area contributed by atoms with Gasteiger partial charge in [0.2, 0.25) is 0 Å². The van der Waals surface area contributed by atoms with Crippen molar-refractivity contribution in [2.75, 3.05) is 12.8 Å². The highest BCUT2D eigenvalue weighted by atomic mass is 16.2. The molecule has 2 N–H and O–H groups in total. The Morgan fingerprint density at radius 2 is 2.05 bits per heavy atom. The van der Waals surface area contributed by atoms with E-state index >= 15 is 0 Å². The Labute approximate surface area is 118 Å². The molecule has 0 aliphatic rings.